The summed E-state index contributed by atoms with van der Waals surface area (Å²) in [4.78, 5) is 35.7. The summed E-state index contributed by atoms with van der Waals surface area (Å²) >= 11 is 0. The van der Waals surface area contributed by atoms with Crippen LogP contribution >= 0.6 is 0 Å². The molecule has 0 saturated carbocycles. The van der Waals surface area contributed by atoms with Gasteiger partial charge in [0.25, 0.3) is 0 Å². The number of Topliss-reactive ketones (excluding diaryl/α,β-unsaturated/α-hetero) is 3. The number of ether oxygens (including phenoxy) is 1. The standard InChI is InChI=1S/C14H10O4/c1-7(15)11-6-10-12(16)8-4-2-3-5-9(8)13(17)14(10)18-11/h2-6,10,14H,1H3/t10-,14+/m1/s1. The molecule has 2 atom stereocenters. The second-order valence-electron chi connectivity index (χ2n) is 4.43. The molecule has 1 heterocycles. The van der Waals surface area contributed by atoms with Gasteiger partial charge in [0.15, 0.2) is 23.4 Å². The Hall–Kier alpha value is -2.23. The fourth-order valence-corrected chi connectivity index (χ4v) is 2.38. The Balaban J connectivity index is 2.10. The number of fused-ring (bicyclic) bond motifs is 2. The SMILES string of the molecule is CC(=O)C1=C[C@@H]2C(=O)c3ccccc3C(=O)[C@H]2O1. The zero-order valence-corrected chi connectivity index (χ0v) is 9.67. The van der Waals surface area contributed by atoms with Gasteiger partial charge in [-0.05, 0) is 6.08 Å². The molecule has 1 aromatic rings. The highest BCUT2D eigenvalue weighted by Gasteiger charge is 2.46. The minimum absolute atomic E-state index is 0.111. The summed E-state index contributed by atoms with van der Waals surface area (Å²) < 4.78 is 5.31. The van der Waals surface area contributed by atoms with E-state index in [1.54, 1.807) is 24.3 Å². The summed E-state index contributed by atoms with van der Waals surface area (Å²) in [5.74, 6) is -1.21. The molecule has 0 unspecified atom stereocenters. The number of carbonyl (C=O) groups is 3. The van der Waals surface area contributed by atoms with Gasteiger partial charge in [-0.25, -0.2) is 0 Å². The average molecular weight is 242 g/mol. The van der Waals surface area contributed by atoms with E-state index in [0.717, 1.165) is 0 Å². The molecule has 4 nitrogen and oxygen atoms in total. The van der Waals surface area contributed by atoms with Crippen molar-refractivity contribution >= 4 is 17.3 Å². The molecule has 90 valence electrons. The van der Waals surface area contributed by atoms with Gasteiger partial charge in [0, 0.05) is 18.1 Å². The monoisotopic (exact) mass is 242 g/mol. The summed E-state index contributed by atoms with van der Waals surface area (Å²) in [6, 6.07) is 6.67. The van der Waals surface area contributed by atoms with Gasteiger partial charge < -0.3 is 4.74 Å². The van der Waals surface area contributed by atoms with E-state index in [0.29, 0.717) is 11.1 Å². The Labute approximate surface area is 103 Å². The van der Waals surface area contributed by atoms with Crippen molar-refractivity contribution in [3.05, 3.63) is 47.2 Å². The molecule has 0 N–H and O–H groups in total. The Kier molecular flexibility index (Phi) is 2.20. The van der Waals surface area contributed by atoms with Crippen LogP contribution in [0.5, 0.6) is 0 Å². The van der Waals surface area contributed by atoms with Crippen molar-refractivity contribution in [1.82, 2.24) is 0 Å². The molecule has 4 heteroatoms. The Morgan fingerprint density at radius 3 is 2.33 bits per heavy atom. The van der Waals surface area contributed by atoms with Crippen molar-refractivity contribution in [1.29, 1.82) is 0 Å². The summed E-state index contributed by atoms with van der Waals surface area (Å²) in [7, 11) is 0. The first-order valence-corrected chi connectivity index (χ1v) is 5.66. The summed E-state index contributed by atoms with van der Waals surface area (Å²) in [5, 5.41) is 0. The second-order valence-corrected chi connectivity index (χ2v) is 4.43. The lowest BCUT2D eigenvalue weighted by molar-refractivity contribution is -0.117. The van der Waals surface area contributed by atoms with Gasteiger partial charge in [-0.2, -0.15) is 0 Å². The van der Waals surface area contributed by atoms with E-state index in [9.17, 15) is 14.4 Å². The van der Waals surface area contributed by atoms with Crippen LogP contribution in [0.3, 0.4) is 0 Å². The van der Waals surface area contributed by atoms with Crippen LogP contribution in [-0.4, -0.2) is 23.5 Å². The lowest BCUT2D eigenvalue weighted by atomic mass is 9.80. The second kappa shape index (κ2) is 3.63. The highest BCUT2D eigenvalue weighted by Crippen LogP contribution is 2.34. The Morgan fingerprint density at radius 1 is 1.11 bits per heavy atom. The summed E-state index contributed by atoms with van der Waals surface area (Å²) in [6.07, 6.45) is 0.592. The van der Waals surface area contributed by atoms with Gasteiger partial charge in [-0.15, -0.1) is 0 Å². The minimum Gasteiger partial charge on any atom is -0.478 e. The van der Waals surface area contributed by atoms with Crippen molar-refractivity contribution in [2.75, 3.05) is 0 Å². The van der Waals surface area contributed by atoms with E-state index in [-0.39, 0.29) is 23.1 Å². The zero-order chi connectivity index (χ0) is 12.9. The van der Waals surface area contributed by atoms with Gasteiger partial charge in [-0.1, -0.05) is 24.3 Å². The number of carbonyl (C=O) groups excluding carboxylic acids is 3. The van der Waals surface area contributed by atoms with Gasteiger partial charge in [-0.3, -0.25) is 14.4 Å². The van der Waals surface area contributed by atoms with Gasteiger partial charge in [0.1, 0.15) is 0 Å². The molecule has 0 amide bonds. The number of hydrogen-bond acceptors (Lipinski definition) is 4. The van der Waals surface area contributed by atoms with E-state index in [2.05, 4.69) is 0 Å². The normalized spacial score (nSPS) is 25.1. The summed E-state index contributed by atoms with van der Waals surface area (Å²) in [6.45, 7) is 1.35. The van der Waals surface area contributed by atoms with Crippen LogP contribution in [-0.2, 0) is 9.53 Å². The highest BCUT2D eigenvalue weighted by atomic mass is 16.5. The van der Waals surface area contributed by atoms with Crippen LogP contribution in [0.1, 0.15) is 27.6 Å². The number of hydrogen-bond donors (Lipinski definition) is 0. The Morgan fingerprint density at radius 2 is 1.72 bits per heavy atom. The molecule has 18 heavy (non-hydrogen) atoms. The Bertz CT molecular complexity index is 612. The third-order valence-corrected chi connectivity index (χ3v) is 3.28. The maximum absolute atomic E-state index is 12.2. The molecule has 0 fully saturated rings. The third-order valence-electron chi connectivity index (χ3n) is 3.28. The number of rotatable bonds is 1. The van der Waals surface area contributed by atoms with Crippen molar-refractivity contribution in [2.45, 2.75) is 13.0 Å². The van der Waals surface area contributed by atoms with Gasteiger partial charge in [0.2, 0.25) is 5.78 Å². The maximum atomic E-state index is 12.2. The van der Waals surface area contributed by atoms with E-state index in [1.165, 1.54) is 13.0 Å². The topological polar surface area (TPSA) is 60.4 Å². The first-order chi connectivity index (χ1) is 8.59. The fraction of sp³-hybridized carbons (Fsp3) is 0.214. The van der Waals surface area contributed by atoms with E-state index in [1.807, 2.05) is 0 Å². The van der Waals surface area contributed by atoms with E-state index in [4.69, 9.17) is 4.74 Å². The largest absolute Gasteiger partial charge is 0.478 e. The zero-order valence-electron chi connectivity index (χ0n) is 9.67. The van der Waals surface area contributed by atoms with E-state index < -0.39 is 12.0 Å². The molecular weight excluding hydrogens is 232 g/mol. The van der Waals surface area contributed by atoms with Crippen molar-refractivity contribution in [3.8, 4) is 0 Å². The molecule has 1 aliphatic heterocycles. The predicted octanol–water partition coefficient (Wildman–Crippen LogP) is 1.55. The molecule has 0 saturated heterocycles. The van der Waals surface area contributed by atoms with Crippen molar-refractivity contribution in [2.24, 2.45) is 5.92 Å². The highest BCUT2D eigenvalue weighted by molar-refractivity contribution is 6.18. The fourth-order valence-electron chi connectivity index (χ4n) is 2.38. The molecule has 0 bridgehead atoms. The first-order valence-electron chi connectivity index (χ1n) is 5.66. The lowest BCUT2D eigenvalue weighted by Crippen LogP contribution is -2.38. The van der Waals surface area contributed by atoms with Crippen LogP contribution < -0.4 is 0 Å². The van der Waals surface area contributed by atoms with Gasteiger partial charge >= 0.3 is 0 Å². The number of ketones is 3. The van der Waals surface area contributed by atoms with Crippen LogP contribution in [0.4, 0.5) is 0 Å². The molecule has 0 aromatic heterocycles. The smallest absolute Gasteiger partial charge is 0.205 e. The third kappa shape index (κ3) is 1.35. The van der Waals surface area contributed by atoms with Crippen molar-refractivity contribution in [3.63, 3.8) is 0 Å². The molecular formula is C14H10O4. The quantitative estimate of drug-likeness (QED) is 0.749. The van der Waals surface area contributed by atoms with Gasteiger partial charge in [0.05, 0.1) is 5.92 Å². The molecule has 3 rings (SSSR count). The molecule has 1 aliphatic carbocycles. The maximum Gasteiger partial charge on any atom is 0.205 e. The number of benzene rings is 1. The van der Waals surface area contributed by atoms with E-state index >= 15 is 0 Å². The van der Waals surface area contributed by atoms with Crippen molar-refractivity contribution < 1.29 is 19.1 Å². The molecule has 1 aromatic carbocycles. The first kappa shape index (κ1) is 10.9. The predicted molar refractivity (Wildman–Crippen MR) is 62.2 cm³/mol. The van der Waals surface area contributed by atoms with Crippen LogP contribution in [0, 0.1) is 5.92 Å². The van der Waals surface area contributed by atoms with Crippen LogP contribution in [0.2, 0.25) is 0 Å². The lowest BCUT2D eigenvalue weighted by Gasteiger charge is -2.23. The number of allylic oxidation sites excluding steroid dienone is 1. The minimum atomic E-state index is -0.869. The molecule has 0 radical (unpaired) electrons. The molecule has 0 spiro atoms. The van der Waals surface area contributed by atoms with Crippen LogP contribution in [0.25, 0.3) is 0 Å². The average Bonchev–Trinajstić information content (AvgIpc) is 2.81. The van der Waals surface area contributed by atoms with Crippen LogP contribution in [0.15, 0.2) is 36.1 Å². The molecule has 2 aliphatic rings. The summed E-state index contributed by atoms with van der Waals surface area (Å²) in [5.41, 5.74) is 0.787.